The number of azo groups is 1. The Morgan fingerprint density at radius 3 is 1.46 bits per heavy atom. The predicted octanol–water partition coefficient (Wildman–Crippen LogP) is 10.4. The minimum absolute atomic E-state index is 0.0113. The zero-order chi connectivity index (χ0) is 76.7. The third-order valence-corrected chi connectivity index (χ3v) is 23.7. The minimum Gasteiger partial charge on any atom is -0.492 e. The van der Waals surface area contributed by atoms with Crippen molar-refractivity contribution in [3.63, 3.8) is 0 Å². The summed E-state index contributed by atoms with van der Waals surface area (Å²) >= 11 is 18.0. The van der Waals surface area contributed by atoms with E-state index in [2.05, 4.69) is 75.2 Å². The molecule has 2 aliphatic rings. The molecule has 14 rings (SSSR count). The van der Waals surface area contributed by atoms with Gasteiger partial charge in [0.1, 0.15) is 62.7 Å². The molecule has 7 heterocycles. The third kappa shape index (κ3) is 13.8. The highest BCUT2D eigenvalue weighted by Gasteiger charge is 2.33. The number of sulfonamides is 1. The van der Waals surface area contributed by atoms with E-state index in [4.69, 9.17) is 34.8 Å². The van der Waals surface area contributed by atoms with E-state index in [9.17, 15) is 82.9 Å². The van der Waals surface area contributed by atoms with Crippen molar-refractivity contribution in [1.82, 2.24) is 59.6 Å². The fourth-order valence-electron chi connectivity index (χ4n) is 11.5. The van der Waals surface area contributed by atoms with Gasteiger partial charge in [-0.3, -0.25) is 32.0 Å². The number of halogens is 3. The lowest BCUT2D eigenvalue weighted by Crippen LogP contribution is -2.13. The van der Waals surface area contributed by atoms with Crippen LogP contribution in [0.2, 0.25) is 15.5 Å². The molecule has 47 heteroatoms. The van der Waals surface area contributed by atoms with Crippen LogP contribution in [-0.4, -0.2) is 151 Å². The molecule has 2 aliphatic heterocycles. The van der Waals surface area contributed by atoms with E-state index in [-0.39, 0.29) is 105 Å². The van der Waals surface area contributed by atoms with Crippen LogP contribution in [0.1, 0.15) is 16.8 Å². The highest BCUT2D eigenvalue weighted by Crippen LogP contribution is 2.44. The van der Waals surface area contributed by atoms with Crippen molar-refractivity contribution in [2.24, 2.45) is 10.2 Å². The van der Waals surface area contributed by atoms with Crippen LogP contribution in [0.4, 0.5) is 28.6 Å². The summed E-state index contributed by atoms with van der Waals surface area (Å²) in [7, 11) is -36.1. The van der Waals surface area contributed by atoms with E-state index in [1.165, 1.54) is 73.7 Å². The number of aromatic amines is 2. The molecule has 12 aromatic rings. The molecule has 0 saturated heterocycles. The first-order valence-electron chi connectivity index (χ1n) is 29.3. The molecule has 0 aliphatic carbocycles. The number of fused-ring (bicyclic) bond motifs is 20. The SMILES string of the molecule is Cc1nn(-c2ccc(/C=C/c3ccc(Nc4nc(Cl)nc(Cl)c4Cl)cc3S(=O)(=O)O)c(S(=O)(=O)O)c2)c(O)c1N=Nc1cc(NS(=O)(=O)c2cccc3c4nc5nc(nc6[nH]c(nc7nc(nc([nH]4)c23)-c2cccc(S(=O)(=O)O)c2-7)c2cccc(S(=O)(=O)O)c62)-c2cccc(S(=O)(=O)O)c2-5)ccc1S(=O)(=O)O. The summed E-state index contributed by atoms with van der Waals surface area (Å²) in [6, 6.07) is 23.1. The molecule has 0 radical (unpaired) electrons. The number of anilines is 3. The fraction of sp³-hybridized carbons (Fsp3) is 0.0167. The number of nitrogens with zero attached hydrogens (tertiary/aromatic N) is 12. The van der Waals surface area contributed by atoms with Gasteiger partial charge in [0.05, 0.1) is 33.1 Å². The molecule has 0 atom stereocenters. The molecule has 0 fully saturated rings. The monoisotopic (exact) mass is 1650 g/mol. The van der Waals surface area contributed by atoms with Crippen molar-refractivity contribution in [1.29, 1.82) is 0 Å². The first-order valence-corrected chi connectivity index (χ1v) is 40.6. The standard InChI is InChI=1S/C60H37Cl3N16O21S7/c1-25-48(59(80)79(77-25)30-20-17-27(42(24-30)107(98,99)100)15-14-26-16-18-28(23-41(26)106(95,96)97)64-58-47(61)49(62)65-60(63)74-58)76-75-35-22-29(19-21-36(35)102(83,84)85)78-101(81,82)37-10-2-6-31-43(37)54-66-50(31)68-55-45-33(8-4-12-39(45)104(89,90)91)52(70-55)72-57-46-34(9-5-13-40(46)105(92,93)94)53(73-57)71-56-44-32(51(67-54)69-56)7-3-11-38(44)103(86,87)88/h2-24,78,80H,1H3,(H,64,65,74)(H,83,84,85)(H,86,87,88)(H,89,90,91)(H,92,93,94)(H,95,96,97)(H,98,99,100)(H2,66,67,68,69,70,71,72,73)/b15-14+,76-75?. The Balaban J connectivity index is 0.869. The maximum Gasteiger partial charge on any atom is 0.296 e. The van der Waals surface area contributed by atoms with Gasteiger partial charge in [0.2, 0.25) is 11.2 Å². The summed E-state index contributed by atoms with van der Waals surface area (Å²) in [4.78, 5) is 35.3. The van der Waals surface area contributed by atoms with E-state index in [1.807, 2.05) is 0 Å². The second-order valence-electron chi connectivity index (χ2n) is 22.7. The lowest BCUT2D eigenvalue weighted by molar-refractivity contribution is 0.434. The van der Waals surface area contributed by atoms with Gasteiger partial charge in [0, 0.05) is 38.4 Å². The van der Waals surface area contributed by atoms with E-state index in [0.29, 0.717) is 4.68 Å². The Morgan fingerprint density at radius 1 is 0.458 bits per heavy atom. The molecule has 11 N–H and O–H groups in total. The normalized spacial score (nSPS) is 13.1. The van der Waals surface area contributed by atoms with E-state index in [1.54, 1.807) is 0 Å². The Hall–Kier alpha value is -10.8. The van der Waals surface area contributed by atoms with Crippen LogP contribution < -0.4 is 10.0 Å². The molecule has 5 aromatic heterocycles. The number of nitrogens with one attached hydrogen (secondary N) is 4. The maximum absolute atomic E-state index is 15.2. The Kier molecular flexibility index (Phi) is 17.8. The Labute approximate surface area is 615 Å². The molecule has 107 heavy (non-hydrogen) atoms. The van der Waals surface area contributed by atoms with Gasteiger partial charge in [-0.25, -0.2) is 43.3 Å². The zero-order valence-electron chi connectivity index (χ0n) is 52.5. The second-order valence-corrected chi connectivity index (χ2v) is 33.8. The van der Waals surface area contributed by atoms with Crippen molar-refractivity contribution in [2.75, 3.05) is 10.0 Å². The number of aryl methyl sites for hydroxylation is 1. The van der Waals surface area contributed by atoms with Crippen LogP contribution in [0, 0.1) is 6.92 Å². The van der Waals surface area contributed by atoms with Crippen molar-refractivity contribution < 1.29 is 91.3 Å². The van der Waals surface area contributed by atoms with Gasteiger partial charge in [-0.1, -0.05) is 96.0 Å². The van der Waals surface area contributed by atoms with Gasteiger partial charge in [-0.15, -0.1) is 10.2 Å². The van der Waals surface area contributed by atoms with Gasteiger partial charge in [-0.05, 0) is 96.4 Å². The van der Waals surface area contributed by atoms with Crippen molar-refractivity contribution in [3.8, 4) is 57.1 Å². The third-order valence-electron chi connectivity index (χ3n) is 16.0. The highest BCUT2D eigenvalue weighted by molar-refractivity contribution is 7.93. The number of aromatic nitrogens is 12. The summed E-state index contributed by atoms with van der Waals surface area (Å²) in [5.41, 5.74) is -5.48. The Morgan fingerprint density at radius 2 is 0.925 bits per heavy atom. The number of hydrogen-bond acceptors (Lipinski definition) is 27. The van der Waals surface area contributed by atoms with Crippen LogP contribution in [0.25, 0.3) is 108 Å². The fourth-order valence-corrected chi connectivity index (χ4v) is 17.5. The topological polar surface area (TPSA) is 582 Å². The summed E-state index contributed by atoms with van der Waals surface area (Å²) in [6.45, 7) is 1.26. The maximum atomic E-state index is 15.2. The first-order chi connectivity index (χ1) is 50.1. The molecule has 0 saturated carbocycles. The van der Waals surface area contributed by atoms with E-state index in [0.717, 1.165) is 72.8 Å². The molecule has 0 spiro atoms. The average Bonchev–Trinajstić information content (AvgIpc) is 1.59. The lowest BCUT2D eigenvalue weighted by Gasteiger charge is -2.11. The summed E-state index contributed by atoms with van der Waals surface area (Å²) in [5.74, 6) is -2.96. The molecular weight excluding hydrogens is 1610 g/mol. The molecule has 7 aromatic carbocycles. The van der Waals surface area contributed by atoms with Crippen LogP contribution in [0.3, 0.4) is 0 Å². The zero-order valence-corrected chi connectivity index (χ0v) is 60.5. The molecule has 0 amide bonds. The van der Waals surface area contributed by atoms with Crippen molar-refractivity contribution in [3.05, 3.63) is 160 Å². The lowest BCUT2D eigenvalue weighted by atomic mass is 10.1. The number of benzene rings is 7. The Bertz CT molecular complexity index is 7090. The van der Waals surface area contributed by atoms with Gasteiger partial charge in [0.25, 0.3) is 70.7 Å². The molecule has 37 nitrogen and oxygen atoms in total. The van der Waals surface area contributed by atoms with Gasteiger partial charge >= 0.3 is 0 Å². The van der Waals surface area contributed by atoms with Crippen molar-refractivity contribution in [2.45, 2.75) is 41.2 Å². The highest BCUT2D eigenvalue weighted by atomic mass is 35.5. The van der Waals surface area contributed by atoms with Crippen LogP contribution in [0.15, 0.2) is 172 Å². The van der Waals surface area contributed by atoms with Crippen LogP contribution in [-0.2, 0) is 70.7 Å². The quantitative estimate of drug-likeness (QED) is 0.0141. The predicted molar refractivity (Wildman–Crippen MR) is 382 cm³/mol. The van der Waals surface area contributed by atoms with Gasteiger partial charge < -0.3 is 20.4 Å². The van der Waals surface area contributed by atoms with Crippen molar-refractivity contribution >= 4 is 190 Å². The summed E-state index contributed by atoms with van der Waals surface area (Å²) in [6.07, 6.45) is 2.12. The number of aromatic hydroxyl groups is 1. The van der Waals surface area contributed by atoms with Gasteiger partial charge in [-0.2, -0.15) is 65.3 Å². The van der Waals surface area contributed by atoms with E-state index >= 15 is 8.42 Å². The van der Waals surface area contributed by atoms with Crippen LogP contribution >= 0.6 is 34.8 Å². The number of rotatable bonds is 16. The summed E-state index contributed by atoms with van der Waals surface area (Å²) in [5, 5.41) is 24.6. The number of hydrogen-bond donors (Lipinski definition) is 11. The molecular formula is C60H37Cl3N16O21S7. The number of H-pyrrole nitrogens is 2. The largest absolute Gasteiger partial charge is 0.492 e. The van der Waals surface area contributed by atoms with Gasteiger partial charge in [0.15, 0.2) is 40.0 Å². The summed E-state index contributed by atoms with van der Waals surface area (Å²) < 4.78 is 252. The molecule has 8 bridgehead atoms. The average molecular weight is 1650 g/mol. The minimum atomic E-state index is -5.29. The second kappa shape index (κ2) is 26.0. The molecule has 546 valence electrons. The van der Waals surface area contributed by atoms with Crippen LogP contribution in [0.5, 0.6) is 5.88 Å². The van der Waals surface area contributed by atoms with E-state index < -0.39 is 163 Å². The molecule has 0 unspecified atom stereocenters. The first kappa shape index (κ1) is 73.1. The smallest absolute Gasteiger partial charge is 0.296 e.